The number of rotatable bonds is 6. The molecule has 152 valence electrons. The summed E-state index contributed by atoms with van der Waals surface area (Å²) in [7, 11) is 3.10. The maximum Gasteiger partial charge on any atom is 0.416 e. The fraction of sp³-hybridized carbons (Fsp3) is 0.350. The van der Waals surface area contributed by atoms with E-state index >= 15 is 0 Å². The van der Waals surface area contributed by atoms with Crippen LogP contribution in [-0.4, -0.2) is 26.8 Å². The van der Waals surface area contributed by atoms with Crippen LogP contribution in [0.3, 0.4) is 0 Å². The number of methoxy groups -OCH3 is 2. The number of anilines is 1. The van der Waals surface area contributed by atoms with E-state index in [1.54, 1.807) is 20.3 Å². The molecule has 0 aliphatic rings. The number of ether oxygens (including phenoxy) is 2. The molecule has 0 saturated heterocycles. The number of alkyl halides is 3. The van der Waals surface area contributed by atoms with Crippen LogP contribution in [0.1, 0.15) is 25.0 Å². The number of hydrogen-bond donors (Lipinski definition) is 2. The summed E-state index contributed by atoms with van der Waals surface area (Å²) in [6.07, 6.45) is -4.41. The van der Waals surface area contributed by atoms with E-state index in [0.717, 1.165) is 17.7 Å². The van der Waals surface area contributed by atoms with Crippen LogP contribution in [0.15, 0.2) is 42.5 Å². The topological polar surface area (TPSA) is 59.6 Å². The van der Waals surface area contributed by atoms with E-state index < -0.39 is 23.2 Å². The number of amides is 2. The lowest BCUT2D eigenvalue weighted by Gasteiger charge is -2.26. The normalized spacial score (nSPS) is 11.7. The second-order valence-electron chi connectivity index (χ2n) is 6.84. The Morgan fingerprint density at radius 3 is 2.04 bits per heavy atom. The molecule has 0 atom stereocenters. The Bertz CT molecular complexity index is 818. The fourth-order valence-corrected chi connectivity index (χ4v) is 2.58. The van der Waals surface area contributed by atoms with Crippen molar-refractivity contribution < 1.29 is 27.4 Å². The molecule has 0 saturated carbocycles. The van der Waals surface area contributed by atoms with Crippen molar-refractivity contribution in [2.75, 3.05) is 26.1 Å². The Hall–Kier alpha value is -2.90. The first-order chi connectivity index (χ1) is 13.1. The molecular formula is C20H23F3N2O3. The molecule has 2 rings (SSSR count). The third-order valence-corrected chi connectivity index (χ3v) is 4.33. The van der Waals surface area contributed by atoms with Crippen molar-refractivity contribution in [1.82, 2.24) is 5.32 Å². The van der Waals surface area contributed by atoms with Gasteiger partial charge in [-0.05, 0) is 42.0 Å². The zero-order chi connectivity index (χ0) is 20.9. The van der Waals surface area contributed by atoms with E-state index in [9.17, 15) is 18.0 Å². The van der Waals surface area contributed by atoms with Gasteiger partial charge in [-0.25, -0.2) is 4.79 Å². The highest BCUT2D eigenvalue weighted by molar-refractivity contribution is 5.89. The maximum atomic E-state index is 12.6. The first-order valence-electron chi connectivity index (χ1n) is 8.51. The van der Waals surface area contributed by atoms with Gasteiger partial charge in [0.1, 0.15) is 0 Å². The zero-order valence-electron chi connectivity index (χ0n) is 16.1. The molecule has 2 N–H and O–H groups in total. The predicted molar refractivity (Wildman–Crippen MR) is 101 cm³/mol. The van der Waals surface area contributed by atoms with Crippen LogP contribution in [-0.2, 0) is 11.6 Å². The number of halogens is 3. The molecular weight excluding hydrogens is 373 g/mol. The number of benzene rings is 2. The minimum absolute atomic E-state index is 0.273. The number of carbonyl (C=O) groups excluding carboxylic acids is 1. The summed E-state index contributed by atoms with van der Waals surface area (Å²) in [5, 5.41) is 5.26. The largest absolute Gasteiger partial charge is 0.493 e. The predicted octanol–water partition coefficient (Wildman–Crippen LogP) is 4.82. The summed E-state index contributed by atoms with van der Waals surface area (Å²) >= 11 is 0. The van der Waals surface area contributed by atoms with Gasteiger partial charge in [0.25, 0.3) is 0 Å². The van der Waals surface area contributed by atoms with Crippen LogP contribution in [0.2, 0.25) is 0 Å². The molecule has 0 fully saturated rings. The van der Waals surface area contributed by atoms with Crippen molar-refractivity contribution in [1.29, 1.82) is 0 Å². The summed E-state index contributed by atoms with van der Waals surface area (Å²) < 4.78 is 48.3. The SMILES string of the molecule is COc1ccc(C(C)(C)CNC(=O)Nc2ccc(C(F)(F)F)cc2)cc1OC. The van der Waals surface area contributed by atoms with Crippen LogP contribution in [0.5, 0.6) is 11.5 Å². The van der Waals surface area contributed by atoms with E-state index in [1.807, 2.05) is 26.0 Å². The molecule has 0 spiro atoms. The van der Waals surface area contributed by atoms with Crippen molar-refractivity contribution in [3.63, 3.8) is 0 Å². The van der Waals surface area contributed by atoms with E-state index in [0.29, 0.717) is 18.0 Å². The summed E-state index contributed by atoms with van der Waals surface area (Å²) in [5.74, 6) is 1.19. The Kier molecular flexibility index (Phi) is 6.43. The Morgan fingerprint density at radius 2 is 1.50 bits per heavy atom. The molecule has 28 heavy (non-hydrogen) atoms. The molecule has 0 bridgehead atoms. The molecule has 5 nitrogen and oxygen atoms in total. The van der Waals surface area contributed by atoms with Gasteiger partial charge in [-0.3, -0.25) is 0 Å². The minimum Gasteiger partial charge on any atom is -0.493 e. The molecule has 0 aliphatic heterocycles. The average Bonchev–Trinajstić information content (AvgIpc) is 2.65. The Morgan fingerprint density at radius 1 is 0.929 bits per heavy atom. The van der Waals surface area contributed by atoms with Crippen molar-refractivity contribution in [2.45, 2.75) is 25.4 Å². The number of urea groups is 1. The third-order valence-electron chi connectivity index (χ3n) is 4.33. The maximum absolute atomic E-state index is 12.6. The molecule has 0 unspecified atom stereocenters. The van der Waals surface area contributed by atoms with Crippen LogP contribution in [0.4, 0.5) is 23.7 Å². The summed E-state index contributed by atoms with van der Waals surface area (Å²) in [6, 6.07) is 9.27. The van der Waals surface area contributed by atoms with Gasteiger partial charge in [0.15, 0.2) is 11.5 Å². The third kappa shape index (κ3) is 5.31. The second kappa shape index (κ2) is 8.41. The van der Waals surface area contributed by atoms with Crippen molar-refractivity contribution in [3.05, 3.63) is 53.6 Å². The van der Waals surface area contributed by atoms with Gasteiger partial charge < -0.3 is 20.1 Å². The summed E-state index contributed by atoms with van der Waals surface area (Å²) in [5.41, 5.74) is 0.0132. The molecule has 0 aromatic heterocycles. The second-order valence-corrected chi connectivity index (χ2v) is 6.84. The van der Waals surface area contributed by atoms with E-state index in [-0.39, 0.29) is 5.69 Å². The van der Waals surface area contributed by atoms with Crippen LogP contribution in [0.25, 0.3) is 0 Å². The van der Waals surface area contributed by atoms with Crippen LogP contribution >= 0.6 is 0 Å². The standard InChI is InChI=1S/C20H23F3N2O3/c1-19(2,14-7-10-16(27-3)17(11-14)28-4)12-24-18(26)25-15-8-5-13(6-9-15)20(21,22)23/h5-11H,12H2,1-4H3,(H2,24,25,26). The lowest BCUT2D eigenvalue weighted by molar-refractivity contribution is -0.137. The monoisotopic (exact) mass is 396 g/mol. The molecule has 0 radical (unpaired) electrons. The Balaban J connectivity index is 1.99. The molecule has 2 aromatic carbocycles. The van der Waals surface area contributed by atoms with E-state index in [1.165, 1.54) is 12.1 Å². The number of nitrogens with one attached hydrogen (secondary N) is 2. The zero-order valence-corrected chi connectivity index (χ0v) is 16.1. The number of carbonyl (C=O) groups is 1. The van der Waals surface area contributed by atoms with Gasteiger partial charge in [0, 0.05) is 17.6 Å². The van der Waals surface area contributed by atoms with Gasteiger partial charge in [-0.15, -0.1) is 0 Å². The smallest absolute Gasteiger partial charge is 0.416 e. The fourth-order valence-electron chi connectivity index (χ4n) is 2.58. The molecule has 8 heteroatoms. The van der Waals surface area contributed by atoms with Gasteiger partial charge in [-0.2, -0.15) is 13.2 Å². The highest BCUT2D eigenvalue weighted by Gasteiger charge is 2.30. The van der Waals surface area contributed by atoms with E-state index in [2.05, 4.69) is 10.6 Å². The van der Waals surface area contributed by atoms with E-state index in [4.69, 9.17) is 9.47 Å². The summed E-state index contributed by atoms with van der Waals surface area (Å²) in [6.45, 7) is 4.20. The molecule has 2 amide bonds. The first kappa shape index (κ1) is 21.4. The average molecular weight is 396 g/mol. The van der Waals surface area contributed by atoms with Crippen molar-refractivity contribution in [3.8, 4) is 11.5 Å². The molecule has 2 aromatic rings. The lowest BCUT2D eigenvalue weighted by Crippen LogP contribution is -2.39. The highest BCUT2D eigenvalue weighted by Crippen LogP contribution is 2.33. The molecule has 0 heterocycles. The Labute approximate surface area is 161 Å². The molecule has 0 aliphatic carbocycles. The quantitative estimate of drug-likeness (QED) is 0.736. The number of hydrogen-bond acceptors (Lipinski definition) is 3. The van der Waals surface area contributed by atoms with Gasteiger partial charge >= 0.3 is 12.2 Å². The van der Waals surface area contributed by atoms with Crippen LogP contribution < -0.4 is 20.1 Å². The van der Waals surface area contributed by atoms with Crippen LogP contribution in [0, 0.1) is 0 Å². The van der Waals surface area contributed by atoms with Gasteiger partial charge in [0.2, 0.25) is 0 Å². The van der Waals surface area contributed by atoms with Crippen molar-refractivity contribution >= 4 is 11.7 Å². The lowest BCUT2D eigenvalue weighted by atomic mass is 9.84. The first-order valence-corrected chi connectivity index (χ1v) is 8.51. The highest BCUT2D eigenvalue weighted by atomic mass is 19.4. The van der Waals surface area contributed by atoms with Crippen molar-refractivity contribution in [2.24, 2.45) is 0 Å². The van der Waals surface area contributed by atoms with Gasteiger partial charge in [0.05, 0.1) is 19.8 Å². The van der Waals surface area contributed by atoms with Gasteiger partial charge in [-0.1, -0.05) is 19.9 Å². The summed E-state index contributed by atoms with van der Waals surface area (Å²) in [4.78, 5) is 12.1. The minimum atomic E-state index is -4.41.